The number of hydrogen-bond acceptors (Lipinski definition) is 2. The molecule has 3 heteroatoms. The van der Waals surface area contributed by atoms with Crippen molar-refractivity contribution in [1.82, 2.24) is 9.55 Å². The van der Waals surface area contributed by atoms with Crippen molar-refractivity contribution in [3.05, 3.63) is 43.0 Å². The predicted molar refractivity (Wildman–Crippen MR) is 44.1 cm³/mol. The van der Waals surface area contributed by atoms with Crippen LogP contribution in [0.1, 0.15) is 0 Å². The first-order chi connectivity index (χ1) is 5.88. The standard InChI is InChI=1S/C9H7N2O/c12-9-4-2-1-3-8(9)11-6-5-10-7-11/h1-6,12H. The van der Waals surface area contributed by atoms with Gasteiger partial charge in [0.2, 0.25) is 0 Å². The van der Waals surface area contributed by atoms with E-state index in [9.17, 15) is 5.11 Å². The number of imidazole rings is 1. The van der Waals surface area contributed by atoms with E-state index < -0.39 is 0 Å². The van der Waals surface area contributed by atoms with Crippen molar-refractivity contribution in [3.63, 3.8) is 0 Å². The first-order valence-corrected chi connectivity index (χ1v) is 3.57. The van der Waals surface area contributed by atoms with E-state index in [0.717, 1.165) is 0 Å². The van der Waals surface area contributed by atoms with Crippen LogP contribution in [0.4, 0.5) is 0 Å². The number of benzene rings is 1. The third-order valence-corrected chi connectivity index (χ3v) is 1.60. The fourth-order valence-corrected chi connectivity index (χ4v) is 1.03. The lowest BCUT2D eigenvalue weighted by molar-refractivity contribution is 0.472. The van der Waals surface area contributed by atoms with Crippen molar-refractivity contribution in [2.24, 2.45) is 0 Å². The molecule has 1 aromatic heterocycles. The number of aromatic hydroxyl groups is 1. The van der Waals surface area contributed by atoms with Gasteiger partial charge in [-0.1, -0.05) is 12.1 Å². The lowest BCUT2D eigenvalue weighted by Gasteiger charge is -2.02. The number of phenols is 1. The third kappa shape index (κ3) is 1.05. The minimum absolute atomic E-state index is 0.228. The monoisotopic (exact) mass is 159 g/mol. The first kappa shape index (κ1) is 6.91. The smallest absolute Gasteiger partial charge is 0.181 e. The molecule has 0 saturated heterocycles. The van der Waals surface area contributed by atoms with Gasteiger partial charge in [-0.3, -0.25) is 4.57 Å². The molecule has 0 aliphatic heterocycles. The summed E-state index contributed by atoms with van der Waals surface area (Å²) in [5.74, 6) is 0.228. The number of aromatic nitrogens is 2. The topological polar surface area (TPSA) is 38.0 Å². The molecular formula is C9H7N2O. The number of phenolic OH excluding ortho intramolecular Hbond substituents is 1. The molecule has 2 rings (SSSR count). The van der Waals surface area contributed by atoms with Crippen molar-refractivity contribution in [3.8, 4) is 11.4 Å². The van der Waals surface area contributed by atoms with Gasteiger partial charge in [0.1, 0.15) is 5.75 Å². The van der Waals surface area contributed by atoms with Gasteiger partial charge in [-0.2, -0.15) is 0 Å². The lowest BCUT2D eigenvalue weighted by atomic mass is 10.3. The molecule has 1 heterocycles. The summed E-state index contributed by atoms with van der Waals surface area (Å²) in [5, 5.41) is 9.41. The zero-order valence-electron chi connectivity index (χ0n) is 6.31. The molecule has 3 nitrogen and oxygen atoms in total. The van der Waals surface area contributed by atoms with Crippen LogP contribution in [0.5, 0.6) is 5.75 Å². The quantitative estimate of drug-likeness (QED) is 0.682. The van der Waals surface area contributed by atoms with Gasteiger partial charge >= 0.3 is 0 Å². The van der Waals surface area contributed by atoms with Gasteiger partial charge in [0.25, 0.3) is 0 Å². The normalized spacial score (nSPS) is 10.0. The van der Waals surface area contributed by atoms with E-state index in [0.29, 0.717) is 5.69 Å². The molecule has 0 saturated carbocycles. The van der Waals surface area contributed by atoms with Gasteiger partial charge in [-0.05, 0) is 12.1 Å². The Balaban J connectivity index is 2.55. The predicted octanol–water partition coefficient (Wildman–Crippen LogP) is 1.38. The van der Waals surface area contributed by atoms with E-state index in [1.54, 1.807) is 35.2 Å². The highest BCUT2D eigenvalue weighted by Gasteiger charge is 1.99. The average Bonchev–Trinajstić information content (AvgIpc) is 2.57. The maximum Gasteiger partial charge on any atom is 0.181 e. The molecule has 1 radical (unpaired) electrons. The molecule has 1 N–H and O–H groups in total. The molecule has 0 bridgehead atoms. The second-order valence-electron chi connectivity index (χ2n) is 2.39. The number of nitrogens with zero attached hydrogens (tertiary/aromatic N) is 2. The van der Waals surface area contributed by atoms with Crippen LogP contribution in [0.3, 0.4) is 0 Å². The van der Waals surface area contributed by atoms with Gasteiger partial charge < -0.3 is 5.11 Å². The Hall–Kier alpha value is -1.77. The third-order valence-electron chi connectivity index (χ3n) is 1.60. The molecule has 0 unspecified atom stereocenters. The van der Waals surface area contributed by atoms with E-state index in [2.05, 4.69) is 11.3 Å². The van der Waals surface area contributed by atoms with Crippen molar-refractivity contribution < 1.29 is 5.11 Å². The maximum absolute atomic E-state index is 9.41. The molecule has 0 spiro atoms. The molecule has 0 fully saturated rings. The molecule has 0 atom stereocenters. The van der Waals surface area contributed by atoms with Crippen LogP contribution >= 0.6 is 0 Å². The van der Waals surface area contributed by atoms with Gasteiger partial charge in [-0.15, -0.1) is 0 Å². The van der Waals surface area contributed by atoms with Crippen LogP contribution in [-0.2, 0) is 0 Å². The summed E-state index contributed by atoms with van der Waals surface area (Å²) in [6.07, 6.45) is 6.05. The zero-order chi connectivity index (χ0) is 8.39. The Bertz CT molecular complexity index is 368. The Labute approximate surface area is 69.9 Å². The molecule has 0 aliphatic rings. The zero-order valence-corrected chi connectivity index (χ0v) is 6.31. The molecule has 12 heavy (non-hydrogen) atoms. The fourth-order valence-electron chi connectivity index (χ4n) is 1.03. The minimum Gasteiger partial charge on any atom is -0.506 e. The highest BCUT2D eigenvalue weighted by atomic mass is 16.3. The van der Waals surface area contributed by atoms with Crippen molar-refractivity contribution >= 4 is 0 Å². The average molecular weight is 159 g/mol. The highest BCUT2D eigenvalue weighted by molar-refractivity contribution is 5.44. The number of rotatable bonds is 1. The van der Waals surface area contributed by atoms with Crippen LogP contribution in [0.15, 0.2) is 36.7 Å². The number of para-hydroxylation sites is 2. The largest absolute Gasteiger partial charge is 0.506 e. The Morgan fingerprint density at radius 2 is 2.17 bits per heavy atom. The Morgan fingerprint density at radius 1 is 1.33 bits per heavy atom. The van der Waals surface area contributed by atoms with Gasteiger partial charge in [0.05, 0.1) is 5.69 Å². The Kier molecular flexibility index (Phi) is 1.55. The van der Waals surface area contributed by atoms with Crippen molar-refractivity contribution in [2.45, 2.75) is 0 Å². The number of hydrogen-bond donors (Lipinski definition) is 1. The van der Waals surface area contributed by atoms with Crippen molar-refractivity contribution in [2.75, 3.05) is 0 Å². The molecule has 0 aliphatic carbocycles. The van der Waals surface area contributed by atoms with Crippen LogP contribution < -0.4 is 0 Å². The summed E-state index contributed by atoms with van der Waals surface area (Å²) in [6.45, 7) is 0. The van der Waals surface area contributed by atoms with E-state index in [4.69, 9.17) is 0 Å². The van der Waals surface area contributed by atoms with Crippen LogP contribution in [0.25, 0.3) is 5.69 Å². The van der Waals surface area contributed by atoms with Gasteiger partial charge in [-0.25, -0.2) is 4.98 Å². The van der Waals surface area contributed by atoms with E-state index in [-0.39, 0.29) is 5.75 Å². The van der Waals surface area contributed by atoms with E-state index in [1.807, 2.05) is 6.07 Å². The summed E-state index contributed by atoms with van der Waals surface area (Å²) < 4.78 is 1.63. The molecular weight excluding hydrogens is 152 g/mol. The van der Waals surface area contributed by atoms with Gasteiger partial charge in [0.15, 0.2) is 6.33 Å². The summed E-state index contributed by atoms with van der Waals surface area (Å²) in [6, 6.07) is 7.05. The van der Waals surface area contributed by atoms with E-state index >= 15 is 0 Å². The Morgan fingerprint density at radius 3 is 2.83 bits per heavy atom. The second-order valence-corrected chi connectivity index (χ2v) is 2.39. The first-order valence-electron chi connectivity index (χ1n) is 3.57. The summed E-state index contributed by atoms with van der Waals surface area (Å²) in [4.78, 5) is 3.77. The highest BCUT2D eigenvalue weighted by Crippen LogP contribution is 2.19. The summed E-state index contributed by atoms with van der Waals surface area (Å²) >= 11 is 0. The molecule has 0 amide bonds. The second kappa shape index (κ2) is 2.70. The van der Waals surface area contributed by atoms with Gasteiger partial charge in [0, 0.05) is 12.4 Å². The fraction of sp³-hybridized carbons (Fsp3) is 0. The van der Waals surface area contributed by atoms with E-state index in [1.165, 1.54) is 0 Å². The summed E-state index contributed by atoms with van der Waals surface area (Å²) in [7, 11) is 0. The summed E-state index contributed by atoms with van der Waals surface area (Å²) in [5.41, 5.74) is 0.690. The van der Waals surface area contributed by atoms with Crippen LogP contribution in [-0.4, -0.2) is 14.7 Å². The molecule has 1 aromatic carbocycles. The molecule has 2 aromatic rings. The lowest BCUT2D eigenvalue weighted by Crippen LogP contribution is -1.89. The SMILES string of the molecule is Oc1ccccc1-n1[c]ncc1. The minimum atomic E-state index is 0.228. The van der Waals surface area contributed by atoms with Crippen LogP contribution in [0.2, 0.25) is 0 Å². The molecule has 59 valence electrons. The van der Waals surface area contributed by atoms with Crippen LogP contribution in [0, 0.1) is 6.33 Å². The maximum atomic E-state index is 9.41. The van der Waals surface area contributed by atoms with Crippen molar-refractivity contribution in [1.29, 1.82) is 0 Å².